The maximum absolute atomic E-state index is 15.1. The third-order valence-electron chi connectivity index (χ3n) is 13.1. The third-order valence-corrected chi connectivity index (χ3v) is 21.0. The van der Waals surface area contributed by atoms with Gasteiger partial charge in [0.15, 0.2) is 0 Å². The number of para-hydroxylation sites is 2. The van der Waals surface area contributed by atoms with Crippen LogP contribution in [0.4, 0.5) is 22.7 Å². The van der Waals surface area contributed by atoms with Gasteiger partial charge >= 0.3 is 0 Å². The second-order valence-electron chi connectivity index (χ2n) is 17.1. The van der Waals surface area contributed by atoms with Crippen molar-refractivity contribution in [3.8, 4) is 44.5 Å². The summed E-state index contributed by atoms with van der Waals surface area (Å²) in [5.74, 6) is -0.287. The fourth-order valence-corrected chi connectivity index (χ4v) is 17.7. The van der Waals surface area contributed by atoms with E-state index >= 15 is 4.57 Å². The van der Waals surface area contributed by atoms with Crippen LogP contribution in [-0.2, 0) is 23.5 Å². The van der Waals surface area contributed by atoms with Gasteiger partial charge in [-0.15, -0.1) is 0 Å². The normalized spacial score (nSPS) is 16.2. The van der Waals surface area contributed by atoms with Crippen molar-refractivity contribution in [2.45, 2.75) is 25.7 Å². The molecule has 342 valence electrons. The molecule has 14 rings (SSSR count). The highest BCUT2D eigenvalue weighted by Gasteiger charge is 2.49. The zero-order chi connectivity index (χ0) is 47.4. The molecule has 69 heavy (non-hydrogen) atoms. The van der Waals surface area contributed by atoms with Crippen molar-refractivity contribution in [1.29, 1.82) is 0 Å². The van der Waals surface area contributed by atoms with Gasteiger partial charge in [-0.25, -0.2) is 3.93 Å². The minimum atomic E-state index is -3.09. The first-order valence-corrected chi connectivity index (χ1v) is 28.3. The van der Waals surface area contributed by atoms with Crippen LogP contribution in [0.5, 0.6) is 0 Å². The molecule has 0 bridgehead atoms. The molecule has 0 radical (unpaired) electrons. The van der Waals surface area contributed by atoms with E-state index in [1.807, 2.05) is 97.1 Å². The van der Waals surface area contributed by atoms with Crippen molar-refractivity contribution in [2.75, 3.05) is 22.6 Å². The van der Waals surface area contributed by atoms with Gasteiger partial charge < -0.3 is 4.74 Å². The van der Waals surface area contributed by atoms with Crippen LogP contribution >= 0.6 is 62.6 Å². The van der Waals surface area contributed by atoms with Crippen LogP contribution in [0.2, 0.25) is 0 Å². The Hall–Kier alpha value is -5.64. The van der Waals surface area contributed by atoms with E-state index in [9.17, 15) is 14.2 Å². The maximum atomic E-state index is 15.1. The standard InChI is InChI=1S/C24H14Br2NOP.C24H16NOP.C4H4BrNO2.C4H8O/c25-15-9-11-21-19(13-15)17-5-1-3-7-23(17)29(28)24-8-4-2-6-18(24)20-14-16(26)10-12-22(20)27(21)29;26-27-23-15-7-3-11-19(23)17-9-1-5-13-21(17)25(27)22-14-6-2-10-18(22)20-12-4-8-16-24(20)27;5-6-3(7)1-2-4(6)8;1-2-4-5-3-1/h1-14H;1-16H;1-2H2;1-4H2. The number of ether oxygens (including phenoxy) is 1. The highest BCUT2D eigenvalue weighted by molar-refractivity contribution is 9.10. The second kappa shape index (κ2) is 18.6. The Morgan fingerprint density at radius 2 is 0.696 bits per heavy atom. The van der Waals surface area contributed by atoms with Crippen LogP contribution in [0.3, 0.4) is 0 Å². The molecular formula is C56H42Br3N3O5P2. The van der Waals surface area contributed by atoms with Crippen molar-refractivity contribution >= 4 is 118 Å². The molecule has 0 aliphatic carbocycles. The van der Waals surface area contributed by atoms with E-state index in [0.29, 0.717) is 12.8 Å². The third kappa shape index (κ3) is 7.65. The zero-order valence-electron chi connectivity index (χ0n) is 37.0. The molecular weight excluding hydrogens is 1100 g/mol. The SMILES string of the molecule is C1CCOC1.O=C1CCC(=O)N1Br.O=P12c3ccccc3-c3cc(Br)ccc3N1c1ccc(Br)cc1-c1ccccc12.O=P12c3ccccc3-c3ccccc3N1c1ccccc1-c1ccccc12. The van der Waals surface area contributed by atoms with E-state index in [1.54, 1.807) is 0 Å². The summed E-state index contributed by atoms with van der Waals surface area (Å²) in [6.45, 7) is 2.00. The number of amides is 2. The minimum absolute atomic E-state index is 0.144. The Balaban J connectivity index is 0.000000120. The fraction of sp³-hybridized carbons (Fsp3) is 0.107. The summed E-state index contributed by atoms with van der Waals surface area (Å²) in [4.78, 5) is 20.9. The topological polar surface area (TPSA) is 87.2 Å². The van der Waals surface area contributed by atoms with Gasteiger partial charge in [0.05, 0.1) is 38.9 Å². The molecule has 0 saturated carbocycles. The average Bonchev–Trinajstić information content (AvgIpc) is 4.08. The predicted octanol–water partition coefficient (Wildman–Crippen LogP) is 14.2. The number of hydrogen-bond acceptors (Lipinski definition) is 5. The molecule has 8 nitrogen and oxygen atoms in total. The molecule has 6 heterocycles. The van der Waals surface area contributed by atoms with E-state index in [0.717, 1.165) is 115 Å². The molecule has 0 spiro atoms. The lowest BCUT2D eigenvalue weighted by Gasteiger charge is -2.44. The number of imide groups is 1. The summed E-state index contributed by atoms with van der Waals surface area (Å²) >= 11 is 10.0. The first kappa shape index (κ1) is 45.8. The van der Waals surface area contributed by atoms with Gasteiger partial charge in [0.2, 0.25) is 26.4 Å². The summed E-state index contributed by atoms with van der Waals surface area (Å²) in [7, 11) is -6.12. The lowest BCUT2D eigenvalue weighted by atomic mass is 10.00. The Bertz CT molecular complexity index is 3270. The van der Waals surface area contributed by atoms with E-state index < -0.39 is 14.6 Å². The van der Waals surface area contributed by atoms with Gasteiger partial charge in [0.25, 0.3) is 0 Å². The van der Waals surface area contributed by atoms with Crippen LogP contribution in [0.25, 0.3) is 44.5 Å². The Morgan fingerprint density at radius 1 is 0.391 bits per heavy atom. The molecule has 6 aliphatic heterocycles. The maximum Gasteiger partial charge on any atom is 0.239 e. The monoisotopic (exact) mass is 1140 g/mol. The molecule has 13 heteroatoms. The van der Waals surface area contributed by atoms with Crippen LogP contribution in [-0.4, -0.2) is 29.0 Å². The highest BCUT2D eigenvalue weighted by atomic mass is 79.9. The van der Waals surface area contributed by atoms with E-state index in [2.05, 4.69) is 142 Å². The smallest absolute Gasteiger partial charge is 0.239 e. The minimum Gasteiger partial charge on any atom is -0.381 e. The van der Waals surface area contributed by atoms with Crippen LogP contribution < -0.4 is 30.6 Å². The Kier molecular flexibility index (Phi) is 12.3. The van der Waals surface area contributed by atoms with E-state index in [4.69, 9.17) is 4.74 Å². The summed E-state index contributed by atoms with van der Waals surface area (Å²) in [5.41, 5.74) is 12.7. The highest BCUT2D eigenvalue weighted by Crippen LogP contribution is 2.67. The lowest BCUT2D eigenvalue weighted by Crippen LogP contribution is -2.37. The fourth-order valence-electron chi connectivity index (χ4n) is 10.1. The molecule has 0 N–H and O–H groups in total. The number of carbonyl (C=O) groups excluding carboxylic acids is 2. The first-order valence-electron chi connectivity index (χ1n) is 22.7. The van der Waals surface area contributed by atoms with Crippen molar-refractivity contribution in [2.24, 2.45) is 0 Å². The Morgan fingerprint density at radius 3 is 1.01 bits per heavy atom. The number of fused-ring (bicyclic) bond motifs is 22. The van der Waals surface area contributed by atoms with Crippen molar-refractivity contribution in [3.63, 3.8) is 0 Å². The van der Waals surface area contributed by atoms with E-state index in [-0.39, 0.29) is 11.8 Å². The van der Waals surface area contributed by atoms with Crippen molar-refractivity contribution in [1.82, 2.24) is 3.93 Å². The molecule has 2 amide bonds. The lowest BCUT2D eigenvalue weighted by molar-refractivity contribution is -0.131. The largest absolute Gasteiger partial charge is 0.381 e. The molecule has 0 unspecified atom stereocenters. The van der Waals surface area contributed by atoms with Crippen molar-refractivity contribution < 1.29 is 23.5 Å². The molecule has 0 atom stereocenters. The summed E-state index contributed by atoms with van der Waals surface area (Å²) in [6.07, 6.45) is 3.26. The van der Waals surface area contributed by atoms with Gasteiger partial charge in [-0.05, 0) is 108 Å². The van der Waals surface area contributed by atoms with Gasteiger partial charge in [-0.1, -0.05) is 141 Å². The summed E-state index contributed by atoms with van der Waals surface area (Å²) < 4.78 is 42.1. The molecule has 2 saturated heterocycles. The zero-order valence-corrected chi connectivity index (χ0v) is 43.5. The molecule has 8 aromatic rings. The number of anilines is 4. The van der Waals surface area contributed by atoms with Gasteiger partial charge in [0, 0.05) is 78.5 Å². The van der Waals surface area contributed by atoms with Gasteiger partial charge in [-0.3, -0.25) is 28.1 Å². The number of nitrogens with zero attached hydrogens (tertiary/aromatic N) is 3. The quantitative estimate of drug-likeness (QED) is 0.0849. The first-order chi connectivity index (χ1) is 33.6. The van der Waals surface area contributed by atoms with Crippen LogP contribution in [0.1, 0.15) is 25.7 Å². The van der Waals surface area contributed by atoms with Crippen LogP contribution in [0, 0.1) is 0 Å². The number of rotatable bonds is 0. The molecule has 2 fully saturated rings. The summed E-state index contributed by atoms with van der Waals surface area (Å²) in [5, 5.41) is 3.63. The van der Waals surface area contributed by atoms with Gasteiger partial charge in [-0.2, -0.15) is 0 Å². The molecule has 0 aromatic heterocycles. The second-order valence-corrected chi connectivity index (χ2v) is 24.7. The number of benzene rings is 8. The number of hydrogen-bond donors (Lipinski definition) is 0. The number of carbonyl (C=O) groups is 2. The van der Waals surface area contributed by atoms with Crippen LogP contribution in [0.15, 0.2) is 191 Å². The molecule has 8 aromatic carbocycles. The summed E-state index contributed by atoms with van der Waals surface area (Å²) in [6, 6.07) is 61.5. The Labute approximate surface area is 426 Å². The van der Waals surface area contributed by atoms with E-state index in [1.165, 1.54) is 12.8 Å². The predicted molar refractivity (Wildman–Crippen MR) is 291 cm³/mol. The number of halogens is 3. The molecule has 6 aliphatic rings. The average molecular weight is 1140 g/mol. The van der Waals surface area contributed by atoms with Crippen molar-refractivity contribution in [3.05, 3.63) is 191 Å². The van der Waals surface area contributed by atoms with Gasteiger partial charge in [0.1, 0.15) is 0 Å².